The molecule has 0 radical (unpaired) electrons. The topological polar surface area (TPSA) is 85.4 Å². The predicted molar refractivity (Wildman–Crippen MR) is 147 cm³/mol. The van der Waals surface area contributed by atoms with Crippen LogP contribution in [0.25, 0.3) is 0 Å². The Morgan fingerprint density at radius 1 is 1.08 bits per heavy atom. The van der Waals surface area contributed by atoms with E-state index in [9.17, 15) is 14.7 Å². The summed E-state index contributed by atoms with van der Waals surface area (Å²) in [7, 11) is 0. The molecule has 1 aromatic rings. The molecule has 1 N–H and O–H groups in total. The minimum absolute atomic E-state index is 0.0130. The standard InChI is InChI=1S/C33H46O6/c1-5-37-27(35)12-11-21(2)25-20-26(34)28-30(25,3)17-18-33-31(4)15-14-24(19-23(31)13-16-32(28,33)39-33)38-29(36)22-9-7-6-8-10-22/h6-10,21,23-26,28,34H,5,11-20H2,1-4H3/t21-,23+,24+,25-,26+,28-,30-,31+,32+,33+/m1/s1. The lowest BCUT2D eigenvalue weighted by atomic mass is 9.44. The highest BCUT2D eigenvalue weighted by Gasteiger charge is 2.87. The van der Waals surface area contributed by atoms with Gasteiger partial charge in [0, 0.05) is 17.8 Å². The number of ether oxygens (including phenoxy) is 3. The van der Waals surface area contributed by atoms with Crippen LogP contribution in [0.1, 0.15) is 102 Å². The van der Waals surface area contributed by atoms with Gasteiger partial charge in [-0.05, 0) is 100 Å². The molecular weight excluding hydrogens is 492 g/mol. The van der Waals surface area contributed by atoms with Crippen LogP contribution in [0, 0.1) is 34.5 Å². The Balaban J connectivity index is 1.16. The van der Waals surface area contributed by atoms with E-state index >= 15 is 0 Å². The van der Waals surface area contributed by atoms with E-state index in [1.165, 1.54) is 0 Å². The molecular formula is C33H46O6. The van der Waals surface area contributed by atoms with Crippen LogP contribution < -0.4 is 0 Å². The molecule has 5 fully saturated rings. The highest BCUT2D eigenvalue weighted by atomic mass is 16.6. The Bertz CT molecular complexity index is 1100. The molecule has 6 rings (SSSR count). The molecule has 10 atom stereocenters. The van der Waals surface area contributed by atoms with Gasteiger partial charge in [-0.2, -0.15) is 0 Å². The van der Waals surface area contributed by atoms with Crippen molar-refractivity contribution >= 4 is 11.9 Å². The van der Waals surface area contributed by atoms with Gasteiger partial charge in [0.25, 0.3) is 0 Å². The number of hydrogen-bond donors (Lipinski definition) is 1. The monoisotopic (exact) mass is 538 g/mol. The van der Waals surface area contributed by atoms with E-state index in [4.69, 9.17) is 14.2 Å². The van der Waals surface area contributed by atoms with Crippen LogP contribution in [0.15, 0.2) is 30.3 Å². The zero-order valence-corrected chi connectivity index (χ0v) is 24.1. The van der Waals surface area contributed by atoms with E-state index in [-0.39, 0.29) is 52.1 Å². The van der Waals surface area contributed by atoms with Crippen molar-refractivity contribution in [1.29, 1.82) is 0 Å². The van der Waals surface area contributed by atoms with Crippen LogP contribution >= 0.6 is 0 Å². The molecule has 0 unspecified atom stereocenters. The first-order chi connectivity index (χ1) is 18.6. The summed E-state index contributed by atoms with van der Waals surface area (Å²) in [6.45, 7) is 9.36. The fourth-order valence-electron chi connectivity index (χ4n) is 10.4. The first kappa shape index (κ1) is 27.3. The van der Waals surface area contributed by atoms with Crippen LogP contribution in [0.2, 0.25) is 0 Å². The van der Waals surface area contributed by atoms with Gasteiger partial charge < -0.3 is 19.3 Å². The van der Waals surface area contributed by atoms with Crippen molar-refractivity contribution in [3.05, 3.63) is 35.9 Å². The van der Waals surface area contributed by atoms with Gasteiger partial charge in [0.15, 0.2) is 0 Å². The molecule has 4 saturated carbocycles. The summed E-state index contributed by atoms with van der Waals surface area (Å²) in [6, 6.07) is 9.29. The number of aliphatic hydroxyl groups excluding tert-OH is 1. The largest absolute Gasteiger partial charge is 0.466 e. The molecule has 0 spiro atoms. The molecule has 6 heteroatoms. The lowest BCUT2D eigenvalue weighted by Gasteiger charge is -2.57. The SMILES string of the molecule is CCOC(=O)CC[C@@H](C)[C@H]1C[C@H](O)[C@@H]2[C@]1(C)CC[C@@]13O[C@@]21CC[C@H]1C[C@@H](OC(=O)c2ccccc2)CC[C@@]13C. The lowest BCUT2D eigenvalue weighted by molar-refractivity contribution is -0.143. The zero-order chi connectivity index (χ0) is 27.6. The maximum atomic E-state index is 12.7. The van der Waals surface area contributed by atoms with Gasteiger partial charge in [-0.25, -0.2) is 4.79 Å². The first-order valence-electron chi connectivity index (χ1n) is 15.4. The summed E-state index contributed by atoms with van der Waals surface area (Å²) in [6.07, 6.45) is 8.52. The molecule has 0 aromatic heterocycles. The number of fused-ring (bicyclic) bond motifs is 2. The predicted octanol–water partition coefficient (Wildman–Crippen LogP) is 6.10. The maximum Gasteiger partial charge on any atom is 0.338 e. The summed E-state index contributed by atoms with van der Waals surface area (Å²) in [5.41, 5.74) is 0.249. The van der Waals surface area contributed by atoms with E-state index in [1.54, 1.807) is 0 Å². The molecule has 214 valence electrons. The van der Waals surface area contributed by atoms with Crippen molar-refractivity contribution in [1.82, 2.24) is 0 Å². The minimum atomic E-state index is -0.365. The van der Waals surface area contributed by atoms with Gasteiger partial charge in [0.1, 0.15) is 17.3 Å². The Hall–Kier alpha value is -1.92. The number of aliphatic hydroxyl groups is 1. The Labute approximate surface area is 233 Å². The molecule has 39 heavy (non-hydrogen) atoms. The molecule has 1 aromatic carbocycles. The van der Waals surface area contributed by atoms with E-state index in [2.05, 4.69) is 20.8 Å². The number of carbonyl (C=O) groups excluding carboxylic acids is 2. The molecule has 0 bridgehead atoms. The highest BCUT2D eigenvalue weighted by molar-refractivity contribution is 5.89. The van der Waals surface area contributed by atoms with Crippen molar-refractivity contribution in [3.63, 3.8) is 0 Å². The molecule has 4 aliphatic carbocycles. The molecule has 6 nitrogen and oxygen atoms in total. The van der Waals surface area contributed by atoms with Crippen LogP contribution in [0.4, 0.5) is 0 Å². The van der Waals surface area contributed by atoms with Crippen LogP contribution in [-0.4, -0.2) is 47.1 Å². The van der Waals surface area contributed by atoms with E-state index in [1.807, 2.05) is 37.3 Å². The summed E-state index contributed by atoms with van der Waals surface area (Å²) in [4.78, 5) is 24.8. The van der Waals surface area contributed by atoms with Crippen LogP contribution in [0.5, 0.6) is 0 Å². The second-order valence-corrected chi connectivity index (χ2v) is 13.9. The Morgan fingerprint density at radius 2 is 1.85 bits per heavy atom. The van der Waals surface area contributed by atoms with Gasteiger partial charge in [-0.3, -0.25) is 4.79 Å². The van der Waals surface area contributed by atoms with E-state index in [0.717, 1.165) is 57.8 Å². The maximum absolute atomic E-state index is 12.7. The summed E-state index contributed by atoms with van der Waals surface area (Å²) < 4.78 is 18.2. The summed E-state index contributed by atoms with van der Waals surface area (Å²) >= 11 is 0. The fourth-order valence-corrected chi connectivity index (χ4v) is 10.4. The molecule has 1 saturated heterocycles. The number of epoxide rings is 1. The second kappa shape index (κ2) is 9.58. The molecule has 5 aliphatic rings. The third-order valence-corrected chi connectivity index (χ3v) is 12.3. The van der Waals surface area contributed by atoms with Gasteiger partial charge in [0.2, 0.25) is 0 Å². The van der Waals surface area contributed by atoms with Crippen molar-refractivity contribution in [2.45, 2.75) is 115 Å². The highest BCUT2D eigenvalue weighted by Crippen LogP contribution is 2.81. The molecule has 1 heterocycles. The van der Waals surface area contributed by atoms with E-state index in [0.29, 0.717) is 36.3 Å². The second-order valence-electron chi connectivity index (χ2n) is 13.9. The van der Waals surface area contributed by atoms with Crippen molar-refractivity contribution in [3.8, 4) is 0 Å². The number of rotatable bonds is 7. The van der Waals surface area contributed by atoms with Crippen molar-refractivity contribution in [2.75, 3.05) is 6.61 Å². The fraction of sp³-hybridized carbons (Fsp3) is 0.758. The van der Waals surface area contributed by atoms with Gasteiger partial charge in [-0.15, -0.1) is 0 Å². The average molecular weight is 539 g/mol. The lowest BCUT2D eigenvalue weighted by Crippen LogP contribution is -2.61. The molecule has 0 amide bonds. The van der Waals surface area contributed by atoms with Crippen molar-refractivity contribution in [2.24, 2.45) is 34.5 Å². The minimum Gasteiger partial charge on any atom is -0.466 e. The number of hydrogen-bond acceptors (Lipinski definition) is 6. The van der Waals surface area contributed by atoms with Gasteiger partial charge in [-0.1, -0.05) is 39.0 Å². The van der Waals surface area contributed by atoms with Gasteiger partial charge in [0.05, 0.1) is 18.3 Å². The van der Waals surface area contributed by atoms with Gasteiger partial charge >= 0.3 is 11.9 Å². The third-order valence-electron chi connectivity index (χ3n) is 12.3. The number of benzene rings is 1. The Kier molecular flexibility index (Phi) is 6.70. The first-order valence-corrected chi connectivity index (χ1v) is 15.4. The van der Waals surface area contributed by atoms with E-state index < -0.39 is 0 Å². The smallest absolute Gasteiger partial charge is 0.338 e. The average Bonchev–Trinajstić information content (AvgIpc) is 3.54. The summed E-state index contributed by atoms with van der Waals surface area (Å²) in [5.74, 6) is 0.983. The normalized spacial score (nSPS) is 44.7. The molecule has 1 aliphatic heterocycles. The number of esters is 2. The third kappa shape index (κ3) is 3.94. The quantitative estimate of drug-likeness (QED) is 0.334. The van der Waals surface area contributed by atoms with Crippen LogP contribution in [0.3, 0.4) is 0 Å². The zero-order valence-electron chi connectivity index (χ0n) is 24.1. The summed E-state index contributed by atoms with van der Waals surface area (Å²) in [5, 5.41) is 11.6. The van der Waals surface area contributed by atoms with Crippen molar-refractivity contribution < 1.29 is 28.9 Å². The van der Waals surface area contributed by atoms with Crippen LogP contribution in [-0.2, 0) is 19.0 Å². The number of carbonyl (C=O) groups is 2. The Morgan fingerprint density at radius 3 is 2.59 bits per heavy atom.